The molecule has 67 heavy (non-hydrogen) atoms. The van der Waals surface area contributed by atoms with Crippen LogP contribution in [0.1, 0.15) is 46.0 Å². The van der Waals surface area contributed by atoms with Gasteiger partial charge >= 0.3 is 71.6 Å². The van der Waals surface area contributed by atoms with Crippen LogP contribution in [-0.2, 0) is 114 Å². The molecule has 0 amide bonds. The Hall–Kier alpha value is -9.00. The minimum Gasteiger partial charge on any atom is -0.456 e. The van der Waals surface area contributed by atoms with Crippen molar-refractivity contribution in [3.63, 3.8) is 0 Å². The summed E-state index contributed by atoms with van der Waals surface area (Å²) in [6.07, 6.45) is 0.177. The van der Waals surface area contributed by atoms with Crippen molar-refractivity contribution >= 4 is 71.6 Å². The summed E-state index contributed by atoms with van der Waals surface area (Å²) in [6, 6.07) is 0. The van der Waals surface area contributed by atoms with Gasteiger partial charge in [0.1, 0.15) is 0 Å². The monoisotopic (exact) mass is 940 g/mol. The van der Waals surface area contributed by atoms with Gasteiger partial charge in [-0.1, -0.05) is 0 Å². The highest BCUT2D eigenvalue weighted by atomic mass is 16.6. The van der Waals surface area contributed by atoms with Gasteiger partial charge in [0.2, 0.25) is 0 Å². The summed E-state index contributed by atoms with van der Waals surface area (Å²) < 4.78 is 56.3. The van der Waals surface area contributed by atoms with Crippen molar-refractivity contribution in [3.05, 3.63) is 0 Å². The first-order valence-electron chi connectivity index (χ1n) is 19.3. The molecule has 0 aromatic rings. The Bertz CT molecular complexity index is 2030. The lowest BCUT2D eigenvalue weighted by Gasteiger charge is -2.02. The van der Waals surface area contributed by atoms with Gasteiger partial charge in [-0.2, -0.15) is 0 Å². The van der Waals surface area contributed by atoms with Gasteiger partial charge < -0.3 is 56.8 Å². The van der Waals surface area contributed by atoms with E-state index in [2.05, 4.69) is 9.47 Å². The molecule has 0 aromatic heterocycles. The minimum atomic E-state index is -1.10. The van der Waals surface area contributed by atoms with Crippen LogP contribution in [0.3, 0.4) is 0 Å². The maximum atomic E-state index is 11.7. The van der Waals surface area contributed by atoms with Crippen molar-refractivity contribution in [2.75, 3.05) is 79.3 Å². The lowest BCUT2D eigenvalue weighted by molar-refractivity contribution is -0.142. The quantitative estimate of drug-likeness (QED) is 0.0356. The summed E-state index contributed by atoms with van der Waals surface area (Å²) in [5.41, 5.74) is 0. The average Bonchev–Trinajstić information content (AvgIpc) is 3.29. The van der Waals surface area contributed by atoms with E-state index in [0.717, 1.165) is 0 Å². The molecule has 0 rings (SSSR count). The summed E-state index contributed by atoms with van der Waals surface area (Å²) in [5.74, 6) is 10.3. The van der Waals surface area contributed by atoms with E-state index in [1.807, 2.05) is 71.0 Å². The number of rotatable bonds is 22. The van der Waals surface area contributed by atoms with Crippen molar-refractivity contribution in [2.24, 2.45) is 0 Å². The van der Waals surface area contributed by atoms with Crippen molar-refractivity contribution in [1.29, 1.82) is 0 Å². The topological polar surface area (TPSA) is 316 Å². The average molecular weight is 941 g/mol. The van der Waals surface area contributed by atoms with Crippen LogP contribution < -0.4 is 0 Å². The Morgan fingerprint density at radius 1 is 0.209 bits per heavy atom. The standard InChI is InChI=1S/C43H40O24/c1-3-56-32(44)10-12-34(46)58-22-5-24-60-36(48)14-16-38(50)62-26-7-28-64-40(52)18-20-42(54)66-30-9-31-67-43(55)21-19-41(53)65-29-8-27-63-39(51)17-15-37(49)61-25-6-23-59-35(47)13-11-33(45)57-4-2/h3-9,22-31H2,1-2H3. The molecular weight excluding hydrogens is 900 g/mol. The predicted molar refractivity (Wildman–Crippen MR) is 213 cm³/mol. The summed E-state index contributed by atoms with van der Waals surface area (Å²) in [5, 5.41) is 0. The van der Waals surface area contributed by atoms with E-state index in [1.54, 1.807) is 13.8 Å². The van der Waals surface area contributed by atoms with Crippen LogP contribution >= 0.6 is 0 Å². The zero-order valence-corrected chi connectivity index (χ0v) is 35.8. The maximum absolute atomic E-state index is 11.7. The summed E-state index contributed by atoms with van der Waals surface area (Å²) in [7, 11) is 0. The third kappa shape index (κ3) is 38.4. The largest absolute Gasteiger partial charge is 0.456 e. The van der Waals surface area contributed by atoms with Crippen LogP contribution in [0.4, 0.5) is 0 Å². The first-order chi connectivity index (χ1) is 32.1. The molecule has 0 aliphatic heterocycles. The van der Waals surface area contributed by atoms with Gasteiger partial charge in [-0.15, -0.1) is 0 Å². The van der Waals surface area contributed by atoms with E-state index in [1.165, 1.54) is 0 Å². The highest BCUT2D eigenvalue weighted by molar-refractivity contribution is 6.01. The SMILES string of the molecule is CCOC(=O)C#CC(=O)OCCCOC(=O)C#CC(=O)OCCCOC(=O)C#CC(=O)OCCCOC(=O)C#CC(=O)OCCCOC(=O)C#CC(=O)OCCCOC(=O)C#CC(=O)OCC. The van der Waals surface area contributed by atoms with Crippen LogP contribution in [0.25, 0.3) is 0 Å². The van der Waals surface area contributed by atoms with Crippen LogP contribution in [0.2, 0.25) is 0 Å². The highest BCUT2D eigenvalue weighted by Crippen LogP contribution is 1.93. The third-order valence-corrected chi connectivity index (χ3v) is 5.93. The number of ether oxygens (including phenoxy) is 12. The lowest BCUT2D eigenvalue weighted by Crippen LogP contribution is -2.11. The molecule has 0 radical (unpaired) electrons. The summed E-state index contributed by atoms with van der Waals surface area (Å²) in [4.78, 5) is 138. The molecule has 0 aromatic carbocycles. The Balaban J connectivity index is 4.02. The second kappa shape index (κ2) is 38.7. The zero-order valence-electron chi connectivity index (χ0n) is 35.8. The van der Waals surface area contributed by atoms with E-state index in [4.69, 9.17) is 47.4 Å². The van der Waals surface area contributed by atoms with Gasteiger partial charge in [0, 0.05) is 103 Å². The smallest absolute Gasteiger partial charge is 0.384 e. The lowest BCUT2D eigenvalue weighted by atomic mass is 10.4. The van der Waals surface area contributed by atoms with E-state index < -0.39 is 71.6 Å². The molecule has 0 aliphatic rings. The molecule has 0 saturated carbocycles. The van der Waals surface area contributed by atoms with E-state index >= 15 is 0 Å². The first kappa shape index (κ1) is 58.0. The van der Waals surface area contributed by atoms with Crippen LogP contribution in [0.15, 0.2) is 0 Å². The van der Waals surface area contributed by atoms with Gasteiger partial charge in [-0.05, 0) is 13.8 Å². The Labute approximate surface area is 381 Å². The molecular formula is C43H40O24. The highest BCUT2D eigenvalue weighted by Gasteiger charge is 2.07. The zero-order chi connectivity index (χ0) is 49.9. The molecule has 0 unspecified atom stereocenters. The Morgan fingerprint density at radius 2 is 0.313 bits per heavy atom. The summed E-state index contributed by atoms with van der Waals surface area (Å²) >= 11 is 0. The number of esters is 12. The molecule has 0 heterocycles. The summed E-state index contributed by atoms with van der Waals surface area (Å²) in [6.45, 7) is 0.970. The Kier molecular flexibility index (Phi) is 33.5. The van der Waals surface area contributed by atoms with Crippen molar-refractivity contribution < 1.29 is 114 Å². The van der Waals surface area contributed by atoms with E-state index in [0.29, 0.717) is 0 Å². The number of carbonyl (C=O) groups is 12. The maximum Gasteiger partial charge on any atom is 0.384 e. The van der Waals surface area contributed by atoms with Gasteiger partial charge in [-0.25, -0.2) is 57.5 Å². The van der Waals surface area contributed by atoms with Crippen LogP contribution in [0, 0.1) is 71.0 Å². The fourth-order valence-corrected chi connectivity index (χ4v) is 3.25. The first-order valence-corrected chi connectivity index (χ1v) is 19.3. The second-order valence-corrected chi connectivity index (χ2v) is 11.1. The van der Waals surface area contributed by atoms with Crippen LogP contribution in [-0.4, -0.2) is 151 Å². The molecule has 0 fully saturated rings. The molecule has 0 N–H and O–H groups in total. The molecule has 0 bridgehead atoms. The second-order valence-electron chi connectivity index (χ2n) is 11.1. The number of hydrogen-bond donors (Lipinski definition) is 0. The predicted octanol–water partition coefficient (Wildman–Crippen LogP) is -2.48. The molecule has 0 spiro atoms. The van der Waals surface area contributed by atoms with Crippen LogP contribution in [0.5, 0.6) is 0 Å². The van der Waals surface area contributed by atoms with Gasteiger partial charge in [0.15, 0.2) is 0 Å². The van der Waals surface area contributed by atoms with Gasteiger partial charge in [0.05, 0.1) is 79.3 Å². The fraction of sp³-hybridized carbons (Fsp3) is 0.442. The van der Waals surface area contributed by atoms with Crippen molar-refractivity contribution in [3.8, 4) is 71.0 Å². The fourth-order valence-electron chi connectivity index (χ4n) is 3.25. The number of carbonyl (C=O) groups excluding carboxylic acids is 12. The normalized spacial score (nSPS) is 8.87. The van der Waals surface area contributed by atoms with Crippen molar-refractivity contribution in [1.82, 2.24) is 0 Å². The van der Waals surface area contributed by atoms with Crippen molar-refractivity contribution in [2.45, 2.75) is 46.0 Å². The van der Waals surface area contributed by atoms with E-state index in [9.17, 15) is 57.5 Å². The number of hydrogen-bond acceptors (Lipinski definition) is 24. The van der Waals surface area contributed by atoms with E-state index in [-0.39, 0.29) is 111 Å². The molecule has 24 nitrogen and oxygen atoms in total. The molecule has 0 saturated heterocycles. The molecule has 24 heteroatoms. The third-order valence-electron chi connectivity index (χ3n) is 5.93. The molecule has 0 aliphatic carbocycles. The molecule has 356 valence electrons. The molecule has 0 atom stereocenters. The van der Waals surface area contributed by atoms with Gasteiger partial charge in [0.25, 0.3) is 0 Å². The minimum absolute atomic E-state index is 0.00199. The Morgan fingerprint density at radius 3 is 0.418 bits per heavy atom. The van der Waals surface area contributed by atoms with Gasteiger partial charge in [-0.3, -0.25) is 0 Å².